The highest BCUT2D eigenvalue weighted by molar-refractivity contribution is 5.85. The Morgan fingerprint density at radius 3 is 2.81 bits per heavy atom. The summed E-state index contributed by atoms with van der Waals surface area (Å²) in [7, 11) is 2.11. The van der Waals surface area contributed by atoms with Crippen LogP contribution in [0.4, 0.5) is 0 Å². The lowest BCUT2D eigenvalue weighted by atomic mass is 10.1. The summed E-state index contributed by atoms with van der Waals surface area (Å²) in [6, 6.07) is 0. The molecule has 0 aromatic carbocycles. The van der Waals surface area contributed by atoms with Gasteiger partial charge in [0, 0.05) is 26.2 Å². The average Bonchev–Trinajstić information content (AvgIpc) is 2.26. The first kappa shape index (κ1) is 16.1. The number of likely N-dealkylation sites (N-methyl/N-ethyl adjacent to an activating group) is 1. The van der Waals surface area contributed by atoms with Gasteiger partial charge in [0.15, 0.2) is 0 Å². The summed E-state index contributed by atoms with van der Waals surface area (Å²) >= 11 is 0. The van der Waals surface area contributed by atoms with E-state index in [1.165, 1.54) is 19.3 Å². The third kappa shape index (κ3) is 7.41. The standard InChI is InChI=1S/C11H24N2O2.ClH/c1-13(6-9-14-8-5-12)10-11-4-2-3-7-15-11;/h11H,2-10,12H2,1H3;1H. The number of nitrogens with two attached hydrogens (primary N) is 1. The van der Waals surface area contributed by atoms with E-state index in [1.54, 1.807) is 0 Å². The molecule has 0 saturated carbocycles. The van der Waals surface area contributed by atoms with E-state index in [9.17, 15) is 0 Å². The molecule has 1 rings (SSSR count). The van der Waals surface area contributed by atoms with Crippen LogP contribution < -0.4 is 5.73 Å². The van der Waals surface area contributed by atoms with Crippen LogP contribution >= 0.6 is 12.4 Å². The third-order valence-electron chi connectivity index (χ3n) is 2.67. The molecule has 16 heavy (non-hydrogen) atoms. The van der Waals surface area contributed by atoms with Crippen molar-refractivity contribution in [1.29, 1.82) is 0 Å². The van der Waals surface area contributed by atoms with Gasteiger partial charge in [0.1, 0.15) is 0 Å². The monoisotopic (exact) mass is 252 g/mol. The predicted molar refractivity (Wildman–Crippen MR) is 68.2 cm³/mol. The second kappa shape index (κ2) is 10.3. The zero-order chi connectivity index (χ0) is 10.9. The smallest absolute Gasteiger partial charge is 0.0701 e. The SMILES string of the molecule is CN(CCOCCN)CC1CCCCO1.Cl. The van der Waals surface area contributed by atoms with Gasteiger partial charge >= 0.3 is 0 Å². The largest absolute Gasteiger partial charge is 0.379 e. The maximum Gasteiger partial charge on any atom is 0.0701 e. The predicted octanol–water partition coefficient (Wildman–Crippen LogP) is 0.884. The lowest BCUT2D eigenvalue weighted by molar-refractivity contribution is -0.00548. The van der Waals surface area contributed by atoms with Crippen molar-refractivity contribution in [1.82, 2.24) is 4.90 Å². The molecule has 4 nitrogen and oxygen atoms in total. The van der Waals surface area contributed by atoms with Gasteiger partial charge < -0.3 is 20.1 Å². The van der Waals surface area contributed by atoms with Crippen LogP contribution in [0.3, 0.4) is 0 Å². The molecule has 1 saturated heterocycles. The number of hydrogen-bond acceptors (Lipinski definition) is 4. The van der Waals surface area contributed by atoms with Crippen LogP contribution in [0.25, 0.3) is 0 Å². The van der Waals surface area contributed by atoms with Crippen LogP contribution in [0, 0.1) is 0 Å². The Balaban J connectivity index is 0.00000225. The van der Waals surface area contributed by atoms with Crippen molar-refractivity contribution in [2.45, 2.75) is 25.4 Å². The van der Waals surface area contributed by atoms with Gasteiger partial charge in [-0.3, -0.25) is 0 Å². The highest BCUT2D eigenvalue weighted by Crippen LogP contribution is 2.13. The molecule has 0 spiro atoms. The Labute approximate surface area is 105 Å². The van der Waals surface area contributed by atoms with Crippen LogP contribution in [-0.4, -0.2) is 57.5 Å². The molecular formula is C11H25ClN2O2. The summed E-state index contributed by atoms with van der Waals surface area (Å²) in [6.07, 6.45) is 4.16. The summed E-state index contributed by atoms with van der Waals surface area (Å²) in [6.45, 7) is 4.94. The van der Waals surface area contributed by atoms with Crippen LogP contribution in [-0.2, 0) is 9.47 Å². The van der Waals surface area contributed by atoms with E-state index in [0.717, 1.165) is 26.3 Å². The molecule has 0 aromatic heterocycles. The molecule has 1 aliphatic heterocycles. The Morgan fingerprint density at radius 2 is 2.19 bits per heavy atom. The quantitative estimate of drug-likeness (QED) is 0.684. The van der Waals surface area contributed by atoms with Gasteiger partial charge in [-0.05, 0) is 26.3 Å². The van der Waals surface area contributed by atoms with Crippen LogP contribution in [0.2, 0.25) is 0 Å². The van der Waals surface area contributed by atoms with Crippen LogP contribution in [0.15, 0.2) is 0 Å². The Hall–Kier alpha value is 0.130. The Bertz CT molecular complexity index is 155. The zero-order valence-electron chi connectivity index (χ0n) is 10.2. The van der Waals surface area contributed by atoms with Crippen molar-refractivity contribution in [3.05, 3.63) is 0 Å². The summed E-state index contributed by atoms with van der Waals surface area (Å²) in [5.41, 5.74) is 5.34. The maximum atomic E-state index is 5.67. The van der Waals surface area contributed by atoms with Crippen molar-refractivity contribution in [2.24, 2.45) is 5.73 Å². The maximum absolute atomic E-state index is 5.67. The summed E-state index contributed by atoms with van der Waals surface area (Å²) < 4.78 is 11.0. The number of nitrogens with zero attached hydrogens (tertiary/aromatic N) is 1. The minimum absolute atomic E-state index is 0. The van der Waals surface area contributed by atoms with Crippen molar-refractivity contribution in [2.75, 3.05) is 46.5 Å². The molecule has 0 aliphatic carbocycles. The zero-order valence-corrected chi connectivity index (χ0v) is 11.0. The molecule has 0 amide bonds. The molecule has 0 bridgehead atoms. The van der Waals surface area contributed by atoms with Gasteiger partial charge in [-0.25, -0.2) is 0 Å². The second-order valence-electron chi connectivity index (χ2n) is 4.15. The fraction of sp³-hybridized carbons (Fsp3) is 1.00. The minimum atomic E-state index is 0. The van der Waals surface area contributed by atoms with E-state index in [-0.39, 0.29) is 12.4 Å². The van der Waals surface area contributed by atoms with E-state index in [1.807, 2.05) is 0 Å². The highest BCUT2D eigenvalue weighted by Gasteiger charge is 2.15. The Morgan fingerprint density at radius 1 is 1.38 bits per heavy atom. The first-order valence-corrected chi connectivity index (χ1v) is 5.91. The molecule has 5 heteroatoms. The van der Waals surface area contributed by atoms with E-state index >= 15 is 0 Å². The number of hydrogen-bond donors (Lipinski definition) is 1. The second-order valence-corrected chi connectivity index (χ2v) is 4.15. The number of ether oxygens (including phenoxy) is 2. The molecule has 1 fully saturated rings. The molecule has 0 aromatic rings. The summed E-state index contributed by atoms with van der Waals surface area (Å²) in [4.78, 5) is 2.27. The van der Waals surface area contributed by atoms with Gasteiger partial charge in [0.05, 0.1) is 19.3 Å². The van der Waals surface area contributed by atoms with Gasteiger partial charge in [-0.2, -0.15) is 0 Å². The highest BCUT2D eigenvalue weighted by atomic mass is 35.5. The first-order valence-electron chi connectivity index (χ1n) is 5.91. The van der Waals surface area contributed by atoms with Crippen molar-refractivity contribution < 1.29 is 9.47 Å². The van der Waals surface area contributed by atoms with Gasteiger partial charge in [0.25, 0.3) is 0 Å². The van der Waals surface area contributed by atoms with Crippen LogP contribution in [0.5, 0.6) is 0 Å². The summed E-state index contributed by atoms with van der Waals surface area (Å²) in [5.74, 6) is 0. The Kier molecular flexibility index (Phi) is 10.4. The van der Waals surface area contributed by atoms with E-state index < -0.39 is 0 Å². The fourth-order valence-corrected chi connectivity index (χ4v) is 1.80. The number of halogens is 1. The van der Waals surface area contributed by atoms with Gasteiger partial charge in [-0.15, -0.1) is 12.4 Å². The minimum Gasteiger partial charge on any atom is -0.379 e. The summed E-state index contributed by atoms with van der Waals surface area (Å²) in [5, 5.41) is 0. The molecule has 2 N–H and O–H groups in total. The van der Waals surface area contributed by atoms with Crippen molar-refractivity contribution in [3.63, 3.8) is 0 Å². The molecule has 1 heterocycles. The topological polar surface area (TPSA) is 47.7 Å². The first-order chi connectivity index (χ1) is 7.33. The van der Waals surface area contributed by atoms with Gasteiger partial charge in [-0.1, -0.05) is 0 Å². The lowest BCUT2D eigenvalue weighted by Gasteiger charge is -2.27. The van der Waals surface area contributed by atoms with E-state index in [2.05, 4.69) is 11.9 Å². The normalized spacial score (nSPS) is 20.8. The number of rotatable bonds is 7. The molecular weight excluding hydrogens is 228 g/mol. The van der Waals surface area contributed by atoms with E-state index in [4.69, 9.17) is 15.2 Å². The van der Waals surface area contributed by atoms with E-state index in [0.29, 0.717) is 19.3 Å². The molecule has 1 atom stereocenters. The van der Waals surface area contributed by atoms with Crippen LogP contribution in [0.1, 0.15) is 19.3 Å². The molecule has 98 valence electrons. The molecule has 1 unspecified atom stereocenters. The lowest BCUT2D eigenvalue weighted by Crippen LogP contribution is -2.35. The fourth-order valence-electron chi connectivity index (χ4n) is 1.80. The average molecular weight is 253 g/mol. The van der Waals surface area contributed by atoms with Crippen molar-refractivity contribution >= 4 is 12.4 Å². The molecule has 1 aliphatic rings. The third-order valence-corrected chi connectivity index (χ3v) is 2.67. The molecule has 0 radical (unpaired) electrons. The van der Waals surface area contributed by atoms with Gasteiger partial charge in [0.2, 0.25) is 0 Å². The van der Waals surface area contributed by atoms with Crippen molar-refractivity contribution in [3.8, 4) is 0 Å².